The fourth-order valence-electron chi connectivity index (χ4n) is 0.584. The van der Waals surface area contributed by atoms with Crippen molar-refractivity contribution in [1.29, 1.82) is 0 Å². The molecule has 7 heteroatoms. The third-order valence-electron chi connectivity index (χ3n) is 0.991. The van der Waals surface area contributed by atoms with Gasteiger partial charge in [-0.2, -0.15) is 0 Å². The van der Waals surface area contributed by atoms with Gasteiger partial charge < -0.3 is 10.1 Å². The van der Waals surface area contributed by atoms with Crippen molar-refractivity contribution in [2.45, 2.75) is 0 Å². The van der Waals surface area contributed by atoms with Crippen molar-refractivity contribution in [2.24, 2.45) is 0 Å². The van der Waals surface area contributed by atoms with Gasteiger partial charge in [-0.25, -0.2) is 9.59 Å². The van der Waals surface area contributed by atoms with Gasteiger partial charge in [-0.05, 0) is 0 Å². The predicted octanol–water partition coefficient (Wildman–Crippen LogP) is -1.62. The van der Waals surface area contributed by atoms with Crippen LogP contribution in [-0.4, -0.2) is 58.8 Å². The fourth-order valence-corrected chi connectivity index (χ4v) is 0.584. The number of aromatic carboxylic acids is 1. The predicted molar refractivity (Wildman–Crippen MR) is 40.4 cm³/mol. The molecule has 0 atom stereocenters. The smallest absolute Gasteiger partial charge is 0.352 e. The maximum Gasteiger partial charge on any atom is 0.352 e. The molecule has 6 nitrogen and oxygen atoms in total. The van der Waals surface area contributed by atoms with E-state index in [2.05, 4.69) is 0 Å². The van der Waals surface area contributed by atoms with Crippen molar-refractivity contribution < 1.29 is 9.90 Å². The molecule has 1 aromatic heterocycles. The minimum absolute atomic E-state index is 0. The number of rotatable bonds is 1. The number of H-pyrrole nitrogens is 2. The van der Waals surface area contributed by atoms with Crippen LogP contribution < -0.4 is 11.2 Å². The van der Waals surface area contributed by atoms with Crippen LogP contribution in [0.1, 0.15) is 10.5 Å². The van der Waals surface area contributed by atoms with Crippen LogP contribution in [0.4, 0.5) is 0 Å². The van der Waals surface area contributed by atoms with Crippen LogP contribution in [0.15, 0.2) is 15.7 Å². The second-order valence-corrected chi connectivity index (χ2v) is 1.81. The summed E-state index contributed by atoms with van der Waals surface area (Å²) in [5, 5.41) is 8.31. The van der Waals surface area contributed by atoms with E-state index in [4.69, 9.17) is 5.11 Å². The van der Waals surface area contributed by atoms with E-state index >= 15 is 0 Å². The van der Waals surface area contributed by atoms with Gasteiger partial charge in [-0.15, -0.1) is 0 Å². The SMILES string of the molecule is O=C(O)c1cc(=O)[nH]c(=O)[nH]1.[Ca]. The Labute approximate surface area is 95.6 Å². The maximum atomic E-state index is 10.5. The summed E-state index contributed by atoms with van der Waals surface area (Å²) < 4.78 is 0. The first kappa shape index (κ1) is 11.4. The largest absolute Gasteiger partial charge is 0.477 e. The van der Waals surface area contributed by atoms with Crippen LogP contribution in [0.3, 0.4) is 0 Å². The summed E-state index contributed by atoms with van der Waals surface area (Å²) in [6.45, 7) is 0. The molecule has 0 aliphatic heterocycles. The molecule has 0 saturated heterocycles. The first-order valence-corrected chi connectivity index (χ1v) is 2.66. The van der Waals surface area contributed by atoms with Gasteiger partial charge in [0.2, 0.25) is 0 Å². The van der Waals surface area contributed by atoms with Crippen LogP contribution in [0.25, 0.3) is 0 Å². The molecule has 1 aromatic rings. The van der Waals surface area contributed by atoms with Gasteiger partial charge in [0.15, 0.2) is 0 Å². The molecule has 3 N–H and O–H groups in total. The first-order chi connectivity index (χ1) is 5.09. The molecular formula is C5H4CaN2O4. The third kappa shape index (κ3) is 2.80. The van der Waals surface area contributed by atoms with Crippen molar-refractivity contribution in [2.75, 3.05) is 0 Å². The van der Waals surface area contributed by atoms with Gasteiger partial charge >= 0.3 is 11.7 Å². The Balaban J connectivity index is 0.00000121. The molecule has 0 spiro atoms. The Hall–Kier alpha value is -0.590. The summed E-state index contributed by atoms with van der Waals surface area (Å²) in [5.41, 5.74) is -1.97. The Kier molecular flexibility index (Phi) is 4.22. The zero-order valence-electron chi connectivity index (χ0n) is 5.96. The van der Waals surface area contributed by atoms with E-state index in [1.165, 1.54) is 0 Å². The normalized spacial score (nSPS) is 8.67. The second-order valence-electron chi connectivity index (χ2n) is 1.81. The Morgan fingerprint density at radius 2 is 1.92 bits per heavy atom. The summed E-state index contributed by atoms with van der Waals surface area (Å²) >= 11 is 0. The van der Waals surface area contributed by atoms with Gasteiger partial charge in [0, 0.05) is 43.8 Å². The van der Waals surface area contributed by atoms with Crippen molar-refractivity contribution in [3.63, 3.8) is 0 Å². The average Bonchev–Trinajstić information content (AvgIpc) is 1.85. The van der Waals surface area contributed by atoms with Crippen LogP contribution in [0, 0.1) is 0 Å². The van der Waals surface area contributed by atoms with E-state index in [1.54, 1.807) is 0 Å². The average molecular weight is 196 g/mol. The molecule has 60 valence electrons. The summed E-state index contributed by atoms with van der Waals surface area (Å²) in [6.07, 6.45) is 0. The molecule has 2 radical (unpaired) electrons. The van der Waals surface area contributed by atoms with Crippen LogP contribution in [0.2, 0.25) is 0 Å². The number of hydrogen-bond acceptors (Lipinski definition) is 3. The number of nitrogens with one attached hydrogen (secondary N) is 2. The topological polar surface area (TPSA) is 103 Å². The van der Waals surface area contributed by atoms with Crippen molar-refractivity contribution >= 4 is 43.7 Å². The number of carbonyl (C=O) groups is 1. The number of carboxylic acids is 1. The maximum absolute atomic E-state index is 10.5. The van der Waals surface area contributed by atoms with Crippen molar-refractivity contribution in [3.8, 4) is 0 Å². The Bertz CT molecular complexity index is 365. The molecule has 0 bridgehead atoms. The fraction of sp³-hybridized carbons (Fsp3) is 0. The van der Waals surface area contributed by atoms with Crippen LogP contribution in [-0.2, 0) is 0 Å². The quantitative estimate of drug-likeness (QED) is 0.469. The van der Waals surface area contributed by atoms with Crippen molar-refractivity contribution in [3.05, 3.63) is 32.6 Å². The third-order valence-corrected chi connectivity index (χ3v) is 0.991. The van der Waals surface area contributed by atoms with Gasteiger partial charge in [0.1, 0.15) is 5.69 Å². The van der Waals surface area contributed by atoms with Gasteiger partial charge in [-0.3, -0.25) is 9.78 Å². The first-order valence-electron chi connectivity index (χ1n) is 2.66. The standard InChI is InChI=1S/C5H4N2O4.Ca/c8-3-1-2(4(9)10)6-5(11)7-3;/h1H,(H,9,10)(H2,6,7,8,11);. The molecule has 0 fully saturated rings. The molecule has 0 aliphatic carbocycles. The van der Waals surface area contributed by atoms with E-state index in [9.17, 15) is 14.4 Å². The Morgan fingerprint density at radius 3 is 2.33 bits per heavy atom. The Morgan fingerprint density at radius 1 is 1.33 bits per heavy atom. The molecule has 0 saturated carbocycles. The molecule has 1 rings (SSSR count). The molecular weight excluding hydrogens is 192 g/mol. The van der Waals surface area contributed by atoms with Crippen LogP contribution >= 0.6 is 0 Å². The monoisotopic (exact) mass is 196 g/mol. The molecule has 1 heterocycles. The van der Waals surface area contributed by atoms with E-state index in [0.29, 0.717) is 0 Å². The number of hydrogen-bond donors (Lipinski definition) is 3. The molecule has 0 amide bonds. The summed E-state index contributed by atoms with van der Waals surface area (Å²) in [7, 11) is 0. The molecule has 0 aliphatic rings. The number of aromatic amines is 2. The van der Waals surface area contributed by atoms with Gasteiger partial charge in [0.25, 0.3) is 5.56 Å². The van der Waals surface area contributed by atoms with E-state index < -0.39 is 22.9 Å². The molecule has 0 aromatic carbocycles. The minimum atomic E-state index is -1.34. The van der Waals surface area contributed by atoms with E-state index in [0.717, 1.165) is 6.07 Å². The molecule has 12 heavy (non-hydrogen) atoms. The van der Waals surface area contributed by atoms with Gasteiger partial charge in [0.05, 0.1) is 0 Å². The second kappa shape index (κ2) is 4.44. The molecule has 0 unspecified atom stereocenters. The van der Waals surface area contributed by atoms with E-state index in [1.807, 2.05) is 9.97 Å². The summed E-state index contributed by atoms with van der Waals surface area (Å²) in [4.78, 5) is 34.9. The van der Waals surface area contributed by atoms with Crippen LogP contribution in [0.5, 0.6) is 0 Å². The zero-order valence-corrected chi connectivity index (χ0v) is 8.16. The van der Waals surface area contributed by atoms with E-state index in [-0.39, 0.29) is 37.7 Å². The minimum Gasteiger partial charge on any atom is -0.477 e. The van der Waals surface area contributed by atoms with Crippen molar-refractivity contribution in [1.82, 2.24) is 9.97 Å². The van der Waals surface area contributed by atoms with Gasteiger partial charge in [-0.1, -0.05) is 0 Å². The zero-order chi connectivity index (χ0) is 8.43. The summed E-state index contributed by atoms with van der Waals surface area (Å²) in [5.74, 6) is -1.34. The number of carboxylic acid groups (broad SMARTS) is 1. The summed E-state index contributed by atoms with van der Waals surface area (Å²) in [6, 6.07) is 0.795. The number of aromatic nitrogens is 2.